The number of ether oxygens (including phenoxy) is 1. The Balaban J connectivity index is 1.43. The molecular formula is C19H22N4OS. The summed E-state index contributed by atoms with van der Waals surface area (Å²) in [6.07, 6.45) is 3.91. The Labute approximate surface area is 151 Å². The van der Waals surface area contributed by atoms with Gasteiger partial charge in [-0.15, -0.1) is 11.3 Å². The third-order valence-corrected chi connectivity index (χ3v) is 5.47. The van der Waals surface area contributed by atoms with E-state index in [1.165, 1.54) is 15.8 Å². The highest BCUT2D eigenvalue weighted by molar-refractivity contribution is 7.15. The van der Waals surface area contributed by atoms with E-state index in [0.29, 0.717) is 0 Å². The number of hydrogen-bond donors (Lipinski definition) is 0. The van der Waals surface area contributed by atoms with Crippen LogP contribution in [0.25, 0.3) is 10.9 Å². The van der Waals surface area contributed by atoms with Crippen molar-refractivity contribution in [2.45, 2.75) is 13.1 Å². The molecule has 130 valence electrons. The van der Waals surface area contributed by atoms with Crippen LogP contribution in [0.15, 0.2) is 42.7 Å². The molecule has 0 N–H and O–H groups in total. The Morgan fingerprint density at radius 2 is 1.96 bits per heavy atom. The van der Waals surface area contributed by atoms with E-state index in [4.69, 9.17) is 4.74 Å². The van der Waals surface area contributed by atoms with Crippen molar-refractivity contribution in [3.63, 3.8) is 0 Å². The van der Waals surface area contributed by atoms with Crippen molar-refractivity contribution in [3.8, 4) is 0 Å². The first kappa shape index (κ1) is 16.4. The Morgan fingerprint density at radius 3 is 2.84 bits per heavy atom. The van der Waals surface area contributed by atoms with Crippen LogP contribution in [0.3, 0.4) is 0 Å². The maximum Gasteiger partial charge on any atom is 0.185 e. The van der Waals surface area contributed by atoms with Crippen molar-refractivity contribution in [1.82, 2.24) is 14.9 Å². The number of morpholine rings is 1. The minimum Gasteiger partial charge on any atom is -0.378 e. The molecule has 0 aliphatic carbocycles. The van der Waals surface area contributed by atoms with Crippen LogP contribution in [-0.2, 0) is 17.8 Å². The van der Waals surface area contributed by atoms with E-state index >= 15 is 0 Å². The number of nitrogens with zero attached hydrogens (tertiary/aromatic N) is 4. The van der Waals surface area contributed by atoms with E-state index in [9.17, 15) is 0 Å². The van der Waals surface area contributed by atoms with E-state index < -0.39 is 0 Å². The minimum absolute atomic E-state index is 0.796. The predicted octanol–water partition coefficient (Wildman–Crippen LogP) is 3.16. The summed E-state index contributed by atoms with van der Waals surface area (Å²) in [5.74, 6) is 0. The molecule has 1 saturated heterocycles. The summed E-state index contributed by atoms with van der Waals surface area (Å²) in [4.78, 5) is 15.0. The number of rotatable bonds is 5. The lowest BCUT2D eigenvalue weighted by Crippen LogP contribution is -2.36. The lowest BCUT2D eigenvalue weighted by Gasteiger charge is -2.26. The molecule has 1 aromatic carbocycles. The molecule has 0 radical (unpaired) electrons. The number of pyridine rings is 1. The zero-order valence-electron chi connectivity index (χ0n) is 14.4. The van der Waals surface area contributed by atoms with Crippen molar-refractivity contribution in [2.75, 3.05) is 38.3 Å². The van der Waals surface area contributed by atoms with Gasteiger partial charge in [-0.1, -0.05) is 18.2 Å². The molecule has 3 aromatic rings. The molecule has 3 heterocycles. The van der Waals surface area contributed by atoms with Crippen LogP contribution in [0.4, 0.5) is 5.13 Å². The van der Waals surface area contributed by atoms with Gasteiger partial charge in [-0.3, -0.25) is 9.88 Å². The topological polar surface area (TPSA) is 41.5 Å². The van der Waals surface area contributed by atoms with Crippen molar-refractivity contribution < 1.29 is 4.74 Å². The Hall–Kier alpha value is -2.02. The zero-order valence-corrected chi connectivity index (χ0v) is 15.2. The molecule has 25 heavy (non-hydrogen) atoms. The number of benzene rings is 1. The largest absolute Gasteiger partial charge is 0.378 e. The van der Waals surface area contributed by atoms with Gasteiger partial charge in [-0.25, -0.2) is 4.98 Å². The van der Waals surface area contributed by atoms with Gasteiger partial charge in [0, 0.05) is 48.8 Å². The van der Waals surface area contributed by atoms with Crippen LogP contribution in [0.2, 0.25) is 0 Å². The van der Waals surface area contributed by atoms with Gasteiger partial charge in [0.2, 0.25) is 0 Å². The van der Waals surface area contributed by atoms with Gasteiger partial charge in [0.1, 0.15) is 0 Å². The average molecular weight is 354 g/mol. The number of fused-ring (bicyclic) bond motifs is 1. The smallest absolute Gasteiger partial charge is 0.185 e. The normalized spacial score (nSPS) is 15.2. The fourth-order valence-corrected chi connectivity index (χ4v) is 4.22. The van der Waals surface area contributed by atoms with Gasteiger partial charge in [0.05, 0.1) is 18.7 Å². The first-order chi connectivity index (χ1) is 12.3. The first-order valence-corrected chi connectivity index (χ1v) is 9.40. The molecule has 4 rings (SSSR count). The molecule has 0 spiro atoms. The minimum atomic E-state index is 0.796. The highest BCUT2D eigenvalue weighted by Gasteiger charge is 2.15. The lowest BCUT2D eigenvalue weighted by atomic mass is 10.1. The Bertz CT molecular complexity index is 839. The summed E-state index contributed by atoms with van der Waals surface area (Å²) in [6, 6.07) is 10.4. The summed E-state index contributed by atoms with van der Waals surface area (Å²) in [7, 11) is 2.16. The van der Waals surface area contributed by atoms with Crippen LogP contribution >= 0.6 is 11.3 Å². The molecule has 1 aliphatic rings. The molecule has 1 aliphatic heterocycles. The van der Waals surface area contributed by atoms with E-state index in [2.05, 4.69) is 51.1 Å². The standard InChI is InChI=1S/C19H22N4OS/c1-22(13-15-6-7-20-18-5-3-2-4-17(15)18)14-16-12-21-19(25-16)23-8-10-24-11-9-23/h2-7,12H,8-11,13-14H2,1H3. The molecule has 0 bridgehead atoms. The average Bonchev–Trinajstić information content (AvgIpc) is 3.11. The number of aromatic nitrogens is 2. The van der Waals surface area contributed by atoms with Crippen molar-refractivity contribution in [2.24, 2.45) is 0 Å². The second kappa shape index (κ2) is 7.47. The summed E-state index contributed by atoms with van der Waals surface area (Å²) >= 11 is 1.79. The number of anilines is 1. The SMILES string of the molecule is CN(Cc1cnc(N2CCOCC2)s1)Cc1ccnc2ccccc12. The van der Waals surface area contributed by atoms with Crippen LogP contribution in [-0.4, -0.2) is 48.2 Å². The highest BCUT2D eigenvalue weighted by Crippen LogP contribution is 2.25. The first-order valence-electron chi connectivity index (χ1n) is 8.58. The van der Waals surface area contributed by atoms with Crippen LogP contribution in [0, 0.1) is 0 Å². The second-order valence-electron chi connectivity index (χ2n) is 6.37. The summed E-state index contributed by atoms with van der Waals surface area (Å²) in [5, 5.41) is 2.34. The van der Waals surface area contributed by atoms with Gasteiger partial charge in [-0.2, -0.15) is 0 Å². The number of para-hydroxylation sites is 1. The molecule has 2 aromatic heterocycles. The Morgan fingerprint density at radius 1 is 1.12 bits per heavy atom. The molecule has 1 fully saturated rings. The van der Waals surface area contributed by atoms with Crippen LogP contribution in [0.1, 0.15) is 10.4 Å². The number of hydrogen-bond acceptors (Lipinski definition) is 6. The van der Waals surface area contributed by atoms with Crippen LogP contribution < -0.4 is 4.90 Å². The van der Waals surface area contributed by atoms with Crippen molar-refractivity contribution in [3.05, 3.63) is 53.2 Å². The van der Waals surface area contributed by atoms with E-state index in [1.54, 1.807) is 11.3 Å². The lowest BCUT2D eigenvalue weighted by molar-refractivity contribution is 0.122. The van der Waals surface area contributed by atoms with Gasteiger partial charge in [0.15, 0.2) is 5.13 Å². The highest BCUT2D eigenvalue weighted by atomic mass is 32.1. The molecule has 0 unspecified atom stereocenters. The summed E-state index contributed by atoms with van der Waals surface area (Å²) < 4.78 is 5.42. The molecule has 0 amide bonds. The second-order valence-corrected chi connectivity index (χ2v) is 7.46. The monoisotopic (exact) mass is 354 g/mol. The molecule has 0 saturated carbocycles. The molecule has 5 nitrogen and oxygen atoms in total. The zero-order chi connectivity index (χ0) is 17.1. The van der Waals surface area contributed by atoms with Gasteiger partial charge in [0.25, 0.3) is 0 Å². The van der Waals surface area contributed by atoms with E-state index in [0.717, 1.165) is 50.0 Å². The molecule has 0 atom stereocenters. The van der Waals surface area contributed by atoms with Crippen LogP contribution in [0.5, 0.6) is 0 Å². The Kier molecular flexibility index (Phi) is 4.92. The fourth-order valence-electron chi connectivity index (χ4n) is 3.18. The van der Waals surface area contributed by atoms with Gasteiger partial charge >= 0.3 is 0 Å². The summed E-state index contributed by atoms with van der Waals surface area (Å²) in [5.41, 5.74) is 2.37. The maximum absolute atomic E-state index is 5.42. The van der Waals surface area contributed by atoms with E-state index in [-0.39, 0.29) is 0 Å². The molecule has 6 heteroatoms. The van der Waals surface area contributed by atoms with Crippen molar-refractivity contribution >= 4 is 27.4 Å². The van der Waals surface area contributed by atoms with Gasteiger partial charge in [-0.05, 0) is 24.7 Å². The predicted molar refractivity (Wildman–Crippen MR) is 102 cm³/mol. The quantitative estimate of drug-likeness (QED) is 0.704. The summed E-state index contributed by atoms with van der Waals surface area (Å²) in [6.45, 7) is 5.26. The fraction of sp³-hybridized carbons (Fsp3) is 0.368. The van der Waals surface area contributed by atoms with E-state index in [1.807, 2.05) is 18.5 Å². The van der Waals surface area contributed by atoms with Gasteiger partial charge < -0.3 is 9.64 Å². The third-order valence-electron chi connectivity index (χ3n) is 4.43. The number of thiazole rings is 1. The third kappa shape index (κ3) is 3.81. The van der Waals surface area contributed by atoms with Crippen molar-refractivity contribution in [1.29, 1.82) is 0 Å². The maximum atomic E-state index is 5.42. The molecular weight excluding hydrogens is 332 g/mol.